The first-order valence-corrected chi connectivity index (χ1v) is 10.2. The smallest absolute Gasteiger partial charge is 0.417 e. The van der Waals surface area contributed by atoms with Crippen LogP contribution in [0.1, 0.15) is 41.6 Å². The van der Waals surface area contributed by atoms with Crippen LogP contribution in [0, 0.1) is 0 Å². The molecule has 1 unspecified atom stereocenters. The normalized spacial score (nSPS) is 16.8. The molecule has 0 bridgehead atoms. The number of fused-ring (bicyclic) bond motifs is 1. The third-order valence-electron chi connectivity index (χ3n) is 4.97. The Hall–Kier alpha value is -3.46. The Bertz CT molecular complexity index is 1060. The van der Waals surface area contributed by atoms with Crippen LogP contribution in [0.4, 0.5) is 13.2 Å². The van der Waals surface area contributed by atoms with Crippen molar-refractivity contribution in [1.82, 2.24) is 5.32 Å². The first kappa shape index (κ1) is 23.2. The zero-order valence-corrected chi connectivity index (χ0v) is 17.6. The Morgan fingerprint density at radius 3 is 2.50 bits per heavy atom. The summed E-state index contributed by atoms with van der Waals surface area (Å²) in [7, 11) is 0. The molecule has 9 heteroatoms. The van der Waals surface area contributed by atoms with Gasteiger partial charge in [0.25, 0.3) is 0 Å². The van der Waals surface area contributed by atoms with E-state index in [-0.39, 0.29) is 42.0 Å². The number of rotatable bonds is 7. The minimum Gasteiger partial charge on any atom is -0.478 e. The number of alkyl halides is 3. The highest BCUT2D eigenvalue weighted by Gasteiger charge is 2.34. The van der Waals surface area contributed by atoms with Crippen molar-refractivity contribution >= 4 is 11.4 Å². The van der Waals surface area contributed by atoms with Gasteiger partial charge in [0, 0.05) is 17.7 Å². The summed E-state index contributed by atoms with van der Waals surface area (Å²) in [5.74, 6) is 0.407. The molecule has 0 spiro atoms. The van der Waals surface area contributed by atoms with Crippen LogP contribution in [0.5, 0.6) is 0 Å². The van der Waals surface area contributed by atoms with Crippen LogP contribution in [0.25, 0.3) is 5.57 Å². The fourth-order valence-electron chi connectivity index (χ4n) is 3.53. The van der Waals surface area contributed by atoms with Gasteiger partial charge >= 0.3 is 6.18 Å². The van der Waals surface area contributed by atoms with Crippen molar-refractivity contribution in [2.75, 3.05) is 13.2 Å². The number of ether oxygens (including phenoxy) is 1. The molecule has 2 aromatic rings. The molecule has 1 heterocycles. The summed E-state index contributed by atoms with van der Waals surface area (Å²) >= 11 is 0. The highest BCUT2D eigenvalue weighted by molar-refractivity contribution is 6.03. The molecule has 6 nitrogen and oxygen atoms in total. The number of allylic oxidation sites excluding steroid dienone is 2. The van der Waals surface area contributed by atoms with Crippen LogP contribution in [0.3, 0.4) is 0 Å². The van der Waals surface area contributed by atoms with Gasteiger partial charge in [-0.1, -0.05) is 49.4 Å². The summed E-state index contributed by atoms with van der Waals surface area (Å²) in [5.41, 5.74) is 18.6. The van der Waals surface area contributed by atoms with Crippen molar-refractivity contribution in [3.63, 3.8) is 0 Å². The minimum atomic E-state index is -4.59. The number of hydrogen-bond donors (Lipinski definition) is 4. The largest absolute Gasteiger partial charge is 0.478 e. The zero-order valence-electron chi connectivity index (χ0n) is 17.6. The summed E-state index contributed by atoms with van der Waals surface area (Å²) in [4.78, 5) is 4.66. The maximum absolute atomic E-state index is 13.6. The molecule has 0 fully saturated rings. The molecule has 1 atom stereocenters. The average molecular weight is 445 g/mol. The number of amidine groups is 1. The summed E-state index contributed by atoms with van der Waals surface area (Å²) in [6.07, 6.45) is -2.47. The molecule has 32 heavy (non-hydrogen) atoms. The predicted octanol–water partition coefficient (Wildman–Crippen LogP) is 3.61. The third kappa shape index (κ3) is 5.05. The van der Waals surface area contributed by atoms with Crippen LogP contribution in [-0.4, -0.2) is 19.0 Å². The molecule has 2 aromatic carbocycles. The maximum Gasteiger partial charge on any atom is 0.417 e. The number of halogens is 3. The molecule has 0 amide bonds. The number of hydrogen-bond acceptors (Lipinski definition) is 6. The molecule has 170 valence electrons. The lowest BCUT2D eigenvalue weighted by Crippen LogP contribution is -2.27. The molecule has 0 radical (unpaired) electrons. The first-order chi connectivity index (χ1) is 15.3. The van der Waals surface area contributed by atoms with E-state index in [4.69, 9.17) is 21.9 Å². The van der Waals surface area contributed by atoms with Crippen LogP contribution in [0.2, 0.25) is 0 Å². The van der Waals surface area contributed by atoms with E-state index >= 15 is 0 Å². The van der Waals surface area contributed by atoms with Crippen molar-refractivity contribution in [2.45, 2.75) is 25.6 Å². The Labute approximate surface area is 184 Å². The molecule has 0 aliphatic carbocycles. The fourth-order valence-corrected chi connectivity index (χ4v) is 3.53. The van der Waals surface area contributed by atoms with Crippen LogP contribution >= 0.6 is 0 Å². The van der Waals surface area contributed by atoms with E-state index in [0.717, 1.165) is 23.6 Å². The van der Waals surface area contributed by atoms with Crippen LogP contribution < -0.4 is 22.5 Å². The van der Waals surface area contributed by atoms with Crippen molar-refractivity contribution in [3.05, 3.63) is 88.6 Å². The molecular weight excluding hydrogens is 419 g/mol. The standard InChI is InChI=1S/C23H26F3N5O/c1-2-19-15-8-3-4-9-16(15)22(30-19)31-20(28)13-17(21(29)32-12-11-27)14-7-5-6-10-18(14)23(24,25)26/h3-10,13,19H,2,11-12,27-29H2,1H3,(H,30,31)/b20-13+,21-17-. The quantitative estimate of drug-likeness (QED) is 0.384. The number of nitrogens with two attached hydrogens (primary N) is 3. The van der Waals surface area contributed by atoms with Gasteiger partial charge in [-0.15, -0.1) is 0 Å². The second-order valence-corrected chi connectivity index (χ2v) is 7.17. The summed E-state index contributed by atoms with van der Waals surface area (Å²) in [6.45, 7) is 2.22. The Morgan fingerprint density at radius 2 is 1.81 bits per heavy atom. The molecule has 0 aromatic heterocycles. The van der Waals surface area contributed by atoms with Gasteiger partial charge in [-0.3, -0.25) is 4.99 Å². The summed E-state index contributed by atoms with van der Waals surface area (Å²) in [5, 5.41) is 3.01. The van der Waals surface area contributed by atoms with Crippen molar-refractivity contribution in [3.8, 4) is 0 Å². The van der Waals surface area contributed by atoms with Crippen LogP contribution in [0.15, 0.2) is 71.3 Å². The van der Waals surface area contributed by atoms with E-state index in [1.165, 1.54) is 24.3 Å². The molecule has 1 aliphatic heterocycles. The first-order valence-electron chi connectivity index (χ1n) is 10.2. The highest BCUT2D eigenvalue weighted by Crippen LogP contribution is 2.36. The average Bonchev–Trinajstić information content (AvgIpc) is 3.12. The van der Waals surface area contributed by atoms with Gasteiger partial charge in [-0.2, -0.15) is 13.2 Å². The number of aliphatic imine (C=N–C) groups is 1. The van der Waals surface area contributed by atoms with Gasteiger partial charge < -0.3 is 27.3 Å². The van der Waals surface area contributed by atoms with Gasteiger partial charge in [-0.05, 0) is 29.7 Å². The van der Waals surface area contributed by atoms with E-state index in [1.54, 1.807) is 0 Å². The van der Waals surface area contributed by atoms with Gasteiger partial charge in [-0.25, -0.2) is 0 Å². The lowest BCUT2D eigenvalue weighted by molar-refractivity contribution is -0.137. The lowest BCUT2D eigenvalue weighted by atomic mass is 9.99. The molecule has 7 N–H and O–H groups in total. The summed E-state index contributed by atoms with van der Waals surface area (Å²) < 4.78 is 46.2. The predicted molar refractivity (Wildman–Crippen MR) is 119 cm³/mol. The SMILES string of the molecule is CCC1N=C(N/C(N)=C/C(=C(\N)OCCN)c2ccccc2C(F)(F)F)c2ccccc21. The monoisotopic (exact) mass is 445 g/mol. The molecule has 1 aliphatic rings. The van der Waals surface area contributed by atoms with E-state index in [2.05, 4.69) is 10.3 Å². The number of benzene rings is 2. The maximum atomic E-state index is 13.6. The molecular formula is C23H26F3N5O. The number of nitrogens with one attached hydrogen (secondary N) is 1. The van der Waals surface area contributed by atoms with Gasteiger partial charge in [0.2, 0.25) is 0 Å². The zero-order chi connectivity index (χ0) is 23.3. The van der Waals surface area contributed by atoms with Gasteiger partial charge in [0.1, 0.15) is 18.3 Å². The minimum absolute atomic E-state index is 0.00435. The van der Waals surface area contributed by atoms with Crippen molar-refractivity contribution in [1.29, 1.82) is 0 Å². The molecule has 0 saturated carbocycles. The second kappa shape index (κ2) is 9.78. The highest BCUT2D eigenvalue weighted by atomic mass is 19.4. The topological polar surface area (TPSA) is 112 Å². The Kier molecular flexibility index (Phi) is 7.09. The van der Waals surface area contributed by atoms with Crippen molar-refractivity contribution in [2.24, 2.45) is 22.2 Å². The number of nitrogens with zero attached hydrogens (tertiary/aromatic N) is 1. The Balaban J connectivity index is 2.01. The molecule has 3 rings (SSSR count). The fraction of sp³-hybridized carbons (Fsp3) is 0.261. The van der Waals surface area contributed by atoms with E-state index in [0.29, 0.717) is 5.84 Å². The van der Waals surface area contributed by atoms with Gasteiger partial charge in [0.15, 0.2) is 5.88 Å². The lowest BCUT2D eigenvalue weighted by Gasteiger charge is -2.17. The van der Waals surface area contributed by atoms with E-state index in [9.17, 15) is 13.2 Å². The Morgan fingerprint density at radius 1 is 1.12 bits per heavy atom. The summed E-state index contributed by atoms with van der Waals surface area (Å²) in [6, 6.07) is 12.8. The molecule has 0 saturated heterocycles. The van der Waals surface area contributed by atoms with Gasteiger partial charge in [0.05, 0.1) is 11.6 Å². The third-order valence-corrected chi connectivity index (χ3v) is 4.97. The van der Waals surface area contributed by atoms with E-state index < -0.39 is 11.7 Å². The van der Waals surface area contributed by atoms with Crippen LogP contribution in [-0.2, 0) is 10.9 Å². The van der Waals surface area contributed by atoms with Crippen molar-refractivity contribution < 1.29 is 17.9 Å². The second-order valence-electron chi connectivity index (χ2n) is 7.17. The van der Waals surface area contributed by atoms with E-state index in [1.807, 2.05) is 31.2 Å².